The first kappa shape index (κ1) is 18.0. The smallest absolute Gasteiger partial charge is 0.328 e. The van der Waals surface area contributed by atoms with E-state index >= 15 is 0 Å². The van der Waals surface area contributed by atoms with Gasteiger partial charge >= 0.3 is 5.69 Å². The van der Waals surface area contributed by atoms with Gasteiger partial charge < -0.3 is 14.7 Å². The van der Waals surface area contributed by atoms with Crippen molar-refractivity contribution < 1.29 is 9.21 Å². The van der Waals surface area contributed by atoms with Crippen LogP contribution in [0.25, 0.3) is 0 Å². The van der Waals surface area contributed by atoms with E-state index in [1.807, 2.05) is 0 Å². The highest BCUT2D eigenvalue weighted by atomic mass is 35.5. The molecule has 9 heteroatoms. The minimum absolute atomic E-state index is 0.0781. The lowest BCUT2D eigenvalue weighted by atomic mass is 10.2. The molecule has 0 atom stereocenters. The molecule has 0 radical (unpaired) electrons. The maximum atomic E-state index is 12.5. The first-order valence-corrected chi connectivity index (χ1v) is 8.28. The molecule has 0 aliphatic carbocycles. The van der Waals surface area contributed by atoms with Gasteiger partial charge in [0.2, 0.25) is 0 Å². The third kappa shape index (κ3) is 3.89. The number of hydrogen-bond acceptors (Lipinski definition) is 4. The number of furan rings is 1. The zero-order valence-electron chi connectivity index (χ0n) is 13.3. The fourth-order valence-corrected chi connectivity index (χ4v) is 2.79. The summed E-state index contributed by atoms with van der Waals surface area (Å²) in [5.41, 5.74) is -0.903. The second-order valence-corrected chi connectivity index (χ2v) is 6.24. The Morgan fingerprint density at radius 2 is 2.04 bits per heavy atom. The van der Waals surface area contributed by atoms with Crippen LogP contribution in [0.15, 0.2) is 56.8 Å². The summed E-state index contributed by atoms with van der Waals surface area (Å²) >= 11 is 11.9. The summed E-state index contributed by atoms with van der Waals surface area (Å²) in [5.74, 6) is -0.214. The van der Waals surface area contributed by atoms with Crippen molar-refractivity contribution in [3.63, 3.8) is 0 Å². The lowest BCUT2D eigenvalue weighted by Crippen LogP contribution is -2.40. The predicted molar refractivity (Wildman–Crippen MR) is 96.8 cm³/mol. The van der Waals surface area contributed by atoms with Crippen LogP contribution in [0.3, 0.4) is 0 Å². The molecule has 0 spiro atoms. The first-order valence-electron chi connectivity index (χ1n) is 7.52. The minimum atomic E-state index is -0.718. The van der Waals surface area contributed by atoms with E-state index in [4.69, 9.17) is 27.6 Å². The van der Waals surface area contributed by atoms with E-state index in [9.17, 15) is 14.4 Å². The summed E-state index contributed by atoms with van der Waals surface area (Å²) in [6.07, 6.45) is 2.52. The predicted octanol–water partition coefficient (Wildman–Crippen LogP) is 2.41. The van der Waals surface area contributed by atoms with Gasteiger partial charge in [0.1, 0.15) is 11.3 Å². The van der Waals surface area contributed by atoms with E-state index in [1.165, 1.54) is 6.26 Å². The molecule has 3 rings (SSSR count). The summed E-state index contributed by atoms with van der Waals surface area (Å²) in [4.78, 5) is 39.1. The number of aromatic amines is 1. The fourth-order valence-electron chi connectivity index (χ4n) is 2.31. The van der Waals surface area contributed by atoms with E-state index in [0.717, 1.165) is 10.8 Å². The van der Waals surface area contributed by atoms with Gasteiger partial charge in [0.05, 0.1) is 12.8 Å². The lowest BCUT2D eigenvalue weighted by Gasteiger charge is -2.08. The van der Waals surface area contributed by atoms with E-state index < -0.39 is 17.2 Å². The summed E-state index contributed by atoms with van der Waals surface area (Å²) in [7, 11) is 0. The Morgan fingerprint density at radius 1 is 1.23 bits per heavy atom. The highest BCUT2D eigenvalue weighted by Crippen LogP contribution is 2.20. The molecule has 7 nitrogen and oxygen atoms in total. The second kappa shape index (κ2) is 7.63. The average molecular weight is 394 g/mol. The van der Waals surface area contributed by atoms with Crippen LogP contribution >= 0.6 is 23.2 Å². The molecule has 0 fully saturated rings. The van der Waals surface area contributed by atoms with Crippen LogP contribution in [0.5, 0.6) is 0 Å². The van der Waals surface area contributed by atoms with E-state index in [0.29, 0.717) is 21.4 Å². The number of amides is 1. The molecule has 0 aliphatic heterocycles. The van der Waals surface area contributed by atoms with Crippen LogP contribution in [0.4, 0.5) is 0 Å². The van der Waals surface area contributed by atoms with Crippen LogP contribution in [-0.2, 0) is 13.1 Å². The van der Waals surface area contributed by atoms with E-state index in [2.05, 4.69) is 10.3 Å². The molecule has 3 aromatic rings. The Hall–Kier alpha value is -2.77. The Kier molecular flexibility index (Phi) is 5.29. The van der Waals surface area contributed by atoms with Crippen molar-refractivity contribution in [2.24, 2.45) is 0 Å². The van der Waals surface area contributed by atoms with Crippen molar-refractivity contribution in [1.29, 1.82) is 0 Å². The third-order valence-electron chi connectivity index (χ3n) is 3.65. The van der Waals surface area contributed by atoms with Gasteiger partial charge in [0.15, 0.2) is 0 Å². The number of nitrogens with one attached hydrogen (secondary N) is 2. The van der Waals surface area contributed by atoms with Gasteiger partial charge in [-0.25, -0.2) is 4.79 Å². The molecule has 134 valence electrons. The van der Waals surface area contributed by atoms with Crippen molar-refractivity contribution in [2.75, 3.05) is 0 Å². The first-order chi connectivity index (χ1) is 12.5. The second-order valence-electron chi connectivity index (χ2n) is 5.40. The summed E-state index contributed by atoms with van der Waals surface area (Å²) < 4.78 is 6.03. The van der Waals surface area contributed by atoms with E-state index in [1.54, 1.807) is 30.3 Å². The van der Waals surface area contributed by atoms with Crippen LogP contribution in [-0.4, -0.2) is 15.5 Å². The summed E-state index contributed by atoms with van der Waals surface area (Å²) in [5, 5.41) is 3.47. The van der Waals surface area contributed by atoms with Gasteiger partial charge in [0, 0.05) is 22.8 Å². The zero-order valence-corrected chi connectivity index (χ0v) is 14.8. The minimum Gasteiger partial charge on any atom is -0.467 e. The molecule has 1 aromatic carbocycles. The Balaban J connectivity index is 1.81. The molecular weight excluding hydrogens is 381 g/mol. The van der Waals surface area contributed by atoms with Gasteiger partial charge in [-0.15, -0.1) is 0 Å². The number of halogens is 2. The van der Waals surface area contributed by atoms with Crippen LogP contribution in [0, 0.1) is 0 Å². The monoisotopic (exact) mass is 393 g/mol. The standard InChI is InChI=1S/C17H13Cl2N3O4/c18-11-4-3-10(14(19)6-11)7-20-15(23)13-8-21-17(25)22(16(13)24)9-12-2-1-5-26-12/h1-6,8H,7,9H2,(H,20,23)(H,21,25). The molecule has 2 N–H and O–H groups in total. The van der Waals surface area contributed by atoms with Crippen molar-refractivity contribution >= 4 is 29.1 Å². The molecule has 0 saturated carbocycles. The molecule has 0 bridgehead atoms. The molecule has 2 heterocycles. The molecule has 0 saturated heterocycles. The normalized spacial score (nSPS) is 10.7. The topological polar surface area (TPSA) is 97.1 Å². The number of nitrogens with zero attached hydrogens (tertiary/aromatic N) is 1. The lowest BCUT2D eigenvalue weighted by molar-refractivity contribution is 0.0948. The molecule has 1 amide bonds. The Bertz CT molecular complexity index is 1050. The van der Waals surface area contributed by atoms with Crippen molar-refractivity contribution in [3.8, 4) is 0 Å². The Morgan fingerprint density at radius 3 is 2.73 bits per heavy atom. The van der Waals surface area contributed by atoms with Gasteiger partial charge in [-0.2, -0.15) is 0 Å². The van der Waals surface area contributed by atoms with Crippen LogP contribution in [0.2, 0.25) is 10.0 Å². The average Bonchev–Trinajstić information content (AvgIpc) is 3.11. The van der Waals surface area contributed by atoms with Gasteiger partial charge in [0.25, 0.3) is 11.5 Å². The molecular formula is C17H13Cl2N3O4. The Labute approximate surface area is 157 Å². The summed E-state index contributed by atoms with van der Waals surface area (Å²) in [6, 6.07) is 8.14. The van der Waals surface area contributed by atoms with Crippen LogP contribution in [0.1, 0.15) is 21.7 Å². The van der Waals surface area contributed by atoms with Crippen molar-refractivity contribution in [2.45, 2.75) is 13.1 Å². The number of rotatable bonds is 5. The molecule has 2 aromatic heterocycles. The fraction of sp³-hybridized carbons (Fsp3) is 0.118. The summed E-state index contributed by atoms with van der Waals surface area (Å²) in [6.45, 7) is 0.0247. The maximum absolute atomic E-state index is 12.5. The number of carbonyl (C=O) groups excluding carboxylic acids is 1. The van der Waals surface area contributed by atoms with Crippen molar-refractivity contribution in [3.05, 3.63) is 90.6 Å². The molecule has 26 heavy (non-hydrogen) atoms. The number of benzene rings is 1. The largest absolute Gasteiger partial charge is 0.467 e. The highest BCUT2D eigenvalue weighted by Gasteiger charge is 2.16. The SMILES string of the molecule is O=C(NCc1ccc(Cl)cc1Cl)c1c[nH]c(=O)n(Cc2ccco2)c1=O. The number of H-pyrrole nitrogens is 1. The van der Waals surface area contributed by atoms with Crippen LogP contribution < -0.4 is 16.6 Å². The number of aromatic nitrogens is 2. The maximum Gasteiger partial charge on any atom is 0.328 e. The van der Waals surface area contributed by atoms with E-state index in [-0.39, 0.29) is 18.7 Å². The van der Waals surface area contributed by atoms with Gasteiger partial charge in [-0.05, 0) is 29.8 Å². The van der Waals surface area contributed by atoms with Gasteiger partial charge in [-0.1, -0.05) is 29.3 Å². The van der Waals surface area contributed by atoms with Crippen molar-refractivity contribution in [1.82, 2.24) is 14.9 Å². The number of hydrogen-bond donors (Lipinski definition) is 2. The quantitative estimate of drug-likeness (QED) is 0.695. The van der Waals surface area contributed by atoms with Gasteiger partial charge in [-0.3, -0.25) is 14.2 Å². The number of carbonyl (C=O) groups is 1. The third-order valence-corrected chi connectivity index (χ3v) is 4.24. The highest BCUT2D eigenvalue weighted by molar-refractivity contribution is 6.35. The molecule has 0 aliphatic rings. The zero-order chi connectivity index (χ0) is 18.7. The molecule has 0 unspecified atom stereocenters.